The van der Waals surface area contributed by atoms with Gasteiger partial charge in [0, 0.05) is 26.1 Å². The molecule has 2 rings (SSSR count). The zero-order chi connectivity index (χ0) is 13.0. The molecular formula is C13H21N3O2. The Kier molecular flexibility index (Phi) is 4.36. The summed E-state index contributed by atoms with van der Waals surface area (Å²) in [5.74, 6) is 0.413. The fraction of sp³-hybridized carbons (Fsp3) is 0.692. The van der Waals surface area contributed by atoms with Gasteiger partial charge in [0.25, 0.3) is 5.91 Å². The van der Waals surface area contributed by atoms with Crippen LogP contribution in [0.4, 0.5) is 0 Å². The topological polar surface area (TPSA) is 56.1 Å². The van der Waals surface area contributed by atoms with E-state index in [4.69, 9.17) is 4.74 Å². The molecule has 0 aliphatic carbocycles. The van der Waals surface area contributed by atoms with Crippen molar-refractivity contribution in [3.05, 3.63) is 17.5 Å². The number of nitrogens with zero attached hydrogens (tertiary/aromatic N) is 2. The smallest absolute Gasteiger partial charge is 0.269 e. The van der Waals surface area contributed by atoms with Crippen LogP contribution in [0.25, 0.3) is 0 Å². The molecule has 1 saturated heterocycles. The van der Waals surface area contributed by atoms with Crippen LogP contribution in [0.2, 0.25) is 0 Å². The Bertz CT molecular complexity index is 408. The minimum absolute atomic E-state index is 0.0424. The molecule has 1 aromatic heterocycles. The summed E-state index contributed by atoms with van der Waals surface area (Å²) in [6, 6.07) is 1.88. The number of nitrogens with one attached hydrogen (secondary N) is 1. The van der Waals surface area contributed by atoms with Gasteiger partial charge in [0.05, 0.1) is 12.3 Å². The quantitative estimate of drug-likeness (QED) is 0.853. The van der Waals surface area contributed by atoms with E-state index in [1.54, 1.807) is 4.68 Å². The highest BCUT2D eigenvalue weighted by Crippen LogP contribution is 2.11. The van der Waals surface area contributed by atoms with Crippen LogP contribution in [0.15, 0.2) is 6.07 Å². The summed E-state index contributed by atoms with van der Waals surface area (Å²) in [6.45, 7) is 4.36. The lowest BCUT2D eigenvalue weighted by atomic mass is 10.1. The molecule has 1 unspecified atom stereocenters. The number of ether oxygens (including phenoxy) is 1. The lowest BCUT2D eigenvalue weighted by molar-refractivity contribution is 0.0935. The first-order valence-corrected chi connectivity index (χ1v) is 6.59. The number of carbonyl (C=O) groups is 1. The van der Waals surface area contributed by atoms with Crippen molar-refractivity contribution in [1.29, 1.82) is 0 Å². The van der Waals surface area contributed by atoms with E-state index in [0.29, 0.717) is 18.2 Å². The summed E-state index contributed by atoms with van der Waals surface area (Å²) in [5.41, 5.74) is 1.62. The largest absolute Gasteiger partial charge is 0.381 e. The average molecular weight is 251 g/mol. The molecule has 0 aromatic carbocycles. The summed E-state index contributed by atoms with van der Waals surface area (Å²) < 4.78 is 6.94. The molecular weight excluding hydrogens is 230 g/mol. The van der Waals surface area contributed by atoms with E-state index in [1.807, 2.05) is 13.1 Å². The fourth-order valence-corrected chi connectivity index (χ4v) is 2.19. The maximum atomic E-state index is 12.0. The average Bonchev–Trinajstić information content (AvgIpc) is 2.96. The molecule has 5 nitrogen and oxygen atoms in total. The lowest BCUT2D eigenvalue weighted by Crippen LogP contribution is -2.30. The van der Waals surface area contributed by atoms with E-state index >= 15 is 0 Å². The number of rotatable bonds is 5. The van der Waals surface area contributed by atoms with Crippen molar-refractivity contribution in [3.8, 4) is 0 Å². The molecule has 1 aliphatic heterocycles. The van der Waals surface area contributed by atoms with Crippen LogP contribution in [0.1, 0.15) is 35.9 Å². The van der Waals surface area contributed by atoms with Crippen LogP contribution in [0.5, 0.6) is 0 Å². The molecule has 2 heterocycles. The Morgan fingerprint density at radius 2 is 2.50 bits per heavy atom. The van der Waals surface area contributed by atoms with E-state index in [1.165, 1.54) is 0 Å². The zero-order valence-corrected chi connectivity index (χ0v) is 11.1. The van der Waals surface area contributed by atoms with Gasteiger partial charge in [0.15, 0.2) is 0 Å². The second-order valence-corrected chi connectivity index (χ2v) is 4.83. The molecule has 1 N–H and O–H groups in total. The first-order chi connectivity index (χ1) is 8.70. The summed E-state index contributed by atoms with van der Waals surface area (Å²) in [6.07, 6.45) is 2.99. The zero-order valence-electron chi connectivity index (χ0n) is 11.1. The first-order valence-electron chi connectivity index (χ1n) is 6.59. The molecule has 1 atom stereocenters. The van der Waals surface area contributed by atoms with Crippen molar-refractivity contribution in [2.75, 3.05) is 19.8 Å². The monoisotopic (exact) mass is 251 g/mol. The molecule has 1 amide bonds. The van der Waals surface area contributed by atoms with Gasteiger partial charge in [-0.25, -0.2) is 0 Å². The van der Waals surface area contributed by atoms with Gasteiger partial charge in [-0.3, -0.25) is 9.48 Å². The van der Waals surface area contributed by atoms with Gasteiger partial charge < -0.3 is 10.1 Å². The van der Waals surface area contributed by atoms with Gasteiger partial charge in [0.1, 0.15) is 5.69 Å². The Balaban J connectivity index is 1.91. The van der Waals surface area contributed by atoms with E-state index in [0.717, 1.165) is 38.2 Å². The summed E-state index contributed by atoms with van der Waals surface area (Å²) in [4.78, 5) is 12.0. The number of hydrogen-bond donors (Lipinski definition) is 1. The van der Waals surface area contributed by atoms with Gasteiger partial charge in [-0.15, -0.1) is 0 Å². The molecule has 0 bridgehead atoms. The maximum Gasteiger partial charge on any atom is 0.269 e. The van der Waals surface area contributed by atoms with E-state index < -0.39 is 0 Å². The Hall–Kier alpha value is -1.36. The van der Waals surface area contributed by atoms with E-state index in [9.17, 15) is 4.79 Å². The predicted octanol–water partition coefficient (Wildman–Crippen LogP) is 1.14. The van der Waals surface area contributed by atoms with Crippen molar-refractivity contribution in [2.24, 2.45) is 13.0 Å². The predicted molar refractivity (Wildman–Crippen MR) is 68.5 cm³/mol. The standard InChI is InChI=1S/C13H21N3O2/c1-3-4-11-7-12(16(2)15-11)13(17)14-8-10-5-6-18-9-10/h7,10H,3-6,8-9H2,1-2H3,(H,14,17). The third kappa shape index (κ3) is 3.10. The molecule has 1 aliphatic rings. The summed E-state index contributed by atoms with van der Waals surface area (Å²) >= 11 is 0. The van der Waals surface area contributed by atoms with Crippen LogP contribution < -0.4 is 5.32 Å². The first kappa shape index (κ1) is 13.1. The van der Waals surface area contributed by atoms with E-state index in [2.05, 4.69) is 17.3 Å². The van der Waals surface area contributed by atoms with Crippen molar-refractivity contribution in [3.63, 3.8) is 0 Å². The van der Waals surface area contributed by atoms with Gasteiger partial charge >= 0.3 is 0 Å². The maximum absolute atomic E-state index is 12.0. The molecule has 1 aromatic rings. The molecule has 0 radical (unpaired) electrons. The lowest BCUT2D eigenvalue weighted by Gasteiger charge is -2.09. The van der Waals surface area contributed by atoms with Gasteiger partial charge in [-0.2, -0.15) is 5.10 Å². The number of aryl methyl sites for hydroxylation is 2. The molecule has 0 spiro atoms. The Morgan fingerprint density at radius 1 is 1.67 bits per heavy atom. The normalized spacial score (nSPS) is 19.1. The molecule has 0 saturated carbocycles. The highest BCUT2D eigenvalue weighted by Gasteiger charge is 2.18. The highest BCUT2D eigenvalue weighted by atomic mass is 16.5. The second kappa shape index (κ2) is 6.00. The van der Waals surface area contributed by atoms with Crippen LogP contribution in [0.3, 0.4) is 0 Å². The highest BCUT2D eigenvalue weighted by molar-refractivity contribution is 5.92. The Morgan fingerprint density at radius 3 is 3.17 bits per heavy atom. The second-order valence-electron chi connectivity index (χ2n) is 4.83. The molecule has 1 fully saturated rings. The summed E-state index contributed by atoms with van der Waals surface area (Å²) in [7, 11) is 1.81. The van der Waals surface area contributed by atoms with Crippen molar-refractivity contribution >= 4 is 5.91 Å². The van der Waals surface area contributed by atoms with Crippen molar-refractivity contribution in [2.45, 2.75) is 26.2 Å². The van der Waals surface area contributed by atoms with Crippen molar-refractivity contribution in [1.82, 2.24) is 15.1 Å². The van der Waals surface area contributed by atoms with Gasteiger partial charge in [-0.05, 0) is 18.9 Å². The molecule has 5 heteroatoms. The number of hydrogen-bond acceptors (Lipinski definition) is 3. The minimum Gasteiger partial charge on any atom is -0.381 e. The van der Waals surface area contributed by atoms with Gasteiger partial charge in [-0.1, -0.05) is 13.3 Å². The Labute approximate surface area is 108 Å². The van der Waals surface area contributed by atoms with Crippen LogP contribution in [-0.2, 0) is 18.2 Å². The number of amides is 1. The summed E-state index contributed by atoms with van der Waals surface area (Å²) in [5, 5.41) is 7.29. The van der Waals surface area contributed by atoms with Crippen LogP contribution in [0, 0.1) is 5.92 Å². The minimum atomic E-state index is -0.0424. The van der Waals surface area contributed by atoms with E-state index in [-0.39, 0.29) is 5.91 Å². The molecule has 100 valence electrons. The number of aromatic nitrogens is 2. The SMILES string of the molecule is CCCc1cc(C(=O)NCC2CCOC2)n(C)n1. The molecule has 18 heavy (non-hydrogen) atoms. The van der Waals surface area contributed by atoms with Crippen LogP contribution >= 0.6 is 0 Å². The third-order valence-corrected chi connectivity index (χ3v) is 3.24. The van der Waals surface area contributed by atoms with Gasteiger partial charge in [0.2, 0.25) is 0 Å². The third-order valence-electron chi connectivity index (χ3n) is 3.24. The van der Waals surface area contributed by atoms with Crippen LogP contribution in [-0.4, -0.2) is 35.4 Å². The number of carbonyl (C=O) groups excluding carboxylic acids is 1. The fourth-order valence-electron chi connectivity index (χ4n) is 2.19. The van der Waals surface area contributed by atoms with Crippen molar-refractivity contribution < 1.29 is 9.53 Å².